The number of hydrogen-bond acceptors (Lipinski definition) is 9. The molecule has 236 valence electrons. The maximum absolute atomic E-state index is 14.1. The van der Waals surface area contributed by atoms with E-state index in [9.17, 15) is 24.0 Å². The van der Waals surface area contributed by atoms with E-state index in [2.05, 4.69) is 5.32 Å². The molecule has 13 heteroatoms. The molecule has 3 atom stereocenters. The van der Waals surface area contributed by atoms with Crippen molar-refractivity contribution >= 4 is 75.5 Å². The van der Waals surface area contributed by atoms with Crippen molar-refractivity contribution in [1.82, 2.24) is 4.57 Å². The Hall–Kier alpha value is -4.39. The number of thioether (sulfide) groups is 1. The second kappa shape index (κ2) is 12.8. The van der Waals surface area contributed by atoms with Gasteiger partial charge in [-0.1, -0.05) is 46.8 Å². The van der Waals surface area contributed by atoms with E-state index in [1.807, 2.05) is 43.3 Å². The molecule has 2 aliphatic rings. The summed E-state index contributed by atoms with van der Waals surface area (Å²) < 4.78 is 6.37. The number of halogens is 1. The highest BCUT2D eigenvalue weighted by molar-refractivity contribution is 8.00. The number of carbonyl (C=O) groups is 4. The van der Waals surface area contributed by atoms with Crippen molar-refractivity contribution in [1.29, 1.82) is 0 Å². The van der Waals surface area contributed by atoms with Crippen molar-refractivity contribution in [3.63, 3.8) is 0 Å². The molecule has 1 fully saturated rings. The molecule has 0 radical (unpaired) electrons. The minimum Gasteiger partial charge on any atom is -0.462 e. The highest BCUT2D eigenvalue weighted by Crippen LogP contribution is 2.54. The number of imide groups is 1. The number of carbonyl (C=O) groups excluding carboxylic acids is 4. The van der Waals surface area contributed by atoms with Crippen LogP contribution >= 0.6 is 34.7 Å². The lowest BCUT2D eigenvalue weighted by molar-refractivity contribution is -0.122. The van der Waals surface area contributed by atoms with E-state index in [4.69, 9.17) is 16.3 Å². The van der Waals surface area contributed by atoms with Gasteiger partial charge in [0.1, 0.15) is 11.8 Å². The van der Waals surface area contributed by atoms with Gasteiger partial charge in [-0.15, -0.1) is 0 Å². The Labute approximate surface area is 277 Å². The number of benzene rings is 3. The molecule has 0 spiro atoms. The standard InChI is InChI=1S/C33H29ClN4O6S2/c1-4-44-32(42)19-5-11-21(12-6-19)35-24(39)17-37-31-28(46-33(37)43)25(18-7-13-22(14-8-18)36(2)3)26-27(45-31)30(41)38(29(26)40)23-15-9-20(34)10-16-23/h5-16,25-27H,4,17H2,1-3H3,(H,35,39)/t25-,26-,27+/m0/s1. The van der Waals surface area contributed by atoms with Crippen molar-refractivity contribution in [2.24, 2.45) is 5.92 Å². The number of aromatic nitrogens is 1. The van der Waals surface area contributed by atoms with Crippen LogP contribution in [0.4, 0.5) is 17.1 Å². The van der Waals surface area contributed by atoms with Crippen molar-refractivity contribution in [2.45, 2.75) is 29.7 Å². The normalized spacial score (nSPS) is 18.6. The number of nitrogens with one attached hydrogen (secondary N) is 1. The second-order valence-corrected chi connectivity index (χ2v) is 13.5. The maximum Gasteiger partial charge on any atom is 0.338 e. The summed E-state index contributed by atoms with van der Waals surface area (Å²) >= 11 is 8.21. The number of anilines is 3. The predicted octanol–water partition coefficient (Wildman–Crippen LogP) is 5.24. The average molecular weight is 677 g/mol. The fourth-order valence-electron chi connectivity index (χ4n) is 5.69. The van der Waals surface area contributed by atoms with Crippen molar-refractivity contribution in [3.05, 3.63) is 103 Å². The molecular weight excluding hydrogens is 648 g/mol. The summed E-state index contributed by atoms with van der Waals surface area (Å²) in [5.74, 6) is -3.01. The Morgan fingerprint density at radius 2 is 1.61 bits per heavy atom. The van der Waals surface area contributed by atoms with Crippen molar-refractivity contribution in [2.75, 3.05) is 35.8 Å². The third kappa shape index (κ3) is 5.83. The van der Waals surface area contributed by atoms with Gasteiger partial charge < -0.3 is 15.0 Å². The van der Waals surface area contributed by atoms with Gasteiger partial charge in [-0.3, -0.25) is 23.7 Å². The SMILES string of the molecule is CCOC(=O)c1ccc(NC(=O)Cn2c3c(sc2=O)[C@@H](c2ccc(N(C)C)cc2)[C@@H]2C(=O)N(c4ccc(Cl)cc4)C(=O)[C@@H]2S3)cc1. The average Bonchev–Trinajstić information content (AvgIpc) is 3.48. The van der Waals surface area contributed by atoms with E-state index in [0.29, 0.717) is 31.9 Å². The maximum atomic E-state index is 14.1. The van der Waals surface area contributed by atoms with Crippen LogP contribution in [0, 0.1) is 5.92 Å². The summed E-state index contributed by atoms with van der Waals surface area (Å²) in [6.45, 7) is 1.66. The van der Waals surface area contributed by atoms with Gasteiger partial charge >= 0.3 is 10.8 Å². The molecular formula is C33H29ClN4O6S2. The molecule has 0 aliphatic carbocycles. The van der Waals surface area contributed by atoms with Crippen LogP contribution in [0.2, 0.25) is 5.02 Å². The van der Waals surface area contributed by atoms with E-state index < -0.39 is 29.0 Å². The summed E-state index contributed by atoms with van der Waals surface area (Å²) in [5, 5.41) is 2.93. The lowest BCUT2D eigenvalue weighted by atomic mass is 9.83. The zero-order valence-electron chi connectivity index (χ0n) is 25.1. The molecule has 0 bridgehead atoms. The number of amides is 3. The third-order valence-corrected chi connectivity index (χ3v) is 10.7. The molecule has 1 aromatic heterocycles. The summed E-state index contributed by atoms with van der Waals surface area (Å²) in [5.41, 5.74) is 2.96. The van der Waals surface area contributed by atoms with Gasteiger partial charge in [0.05, 0.1) is 28.8 Å². The number of fused-ring (bicyclic) bond motifs is 2. The van der Waals surface area contributed by atoms with Crippen molar-refractivity contribution < 1.29 is 23.9 Å². The first-order valence-corrected chi connectivity index (χ1v) is 16.5. The third-order valence-electron chi connectivity index (χ3n) is 7.88. The van der Waals surface area contributed by atoms with Gasteiger partial charge in [-0.05, 0) is 73.2 Å². The van der Waals surface area contributed by atoms with Crippen molar-refractivity contribution in [3.8, 4) is 0 Å². The van der Waals surface area contributed by atoms with Crippen LogP contribution in [0.1, 0.15) is 33.6 Å². The fraction of sp³-hybridized carbons (Fsp3) is 0.242. The minimum absolute atomic E-state index is 0.248. The lowest BCUT2D eigenvalue weighted by Crippen LogP contribution is -2.33. The molecule has 2 aliphatic heterocycles. The summed E-state index contributed by atoms with van der Waals surface area (Å²) in [4.78, 5) is 70.0. The largest absolute Gasteiger partial charge is 0.462 e. The highest BCUT2D eigenvalue weighted by Gasteiger charge is 2.56. The number of esters is 1. The van der Waals surface area contributed by atoms with Crippen LogP contribution in [0.3, 0.4) is 0 Å². The molecule has 4 aromatic rings. The first-order chi connectivity index (χ1) is 22.1. The summed E-state index contributed by atoms with van der Waals surface area (Å²) in [6, 6.07) is 20.5. The van der Waals surface area contributed by atoms with Crippen LogP contribution in [0.15, 0.2) is 82.6 Å². The monoisotopic (exact) mass is 676 g/mol. The fourth-order valence-corrected chi connectivity index (χ4v) is 8.59. The Morgan fingerprint density at radius 3 is 2.24 bits per heavy atom. The molecule has 46 heavy (non-hydrogen) atoms. The first-order valence-electron chi connectivity index (χ1n) is 14.4. The number of hydrogen-bond donors (Lipinski definition) is 1. The summed E-state index contributed by atoms with van der Waals surface area (Å²) in [6.07, 6.45) is 0. The zero-order chi connectivity index (χ0) is 32.7. The molecule has 3 aromatic carbocycles. The van der Waals surface area contributed by atoms with Gasteiger partial charge in [0.25, 0.3) is 0 Å². The summed E-state index contributed by atoms with van der Waals surface area (Å²) in [7, 11) is 3.85. The minimum atomic E-state index is -0.812. The molecule has 10 nitrogen and oxygen atoms in total. The molecule has 1 saturated heterocycles. The number of thiazole rings is 1. The van der Waals surface area contributed by atoms with Gasteiger partial charge in [0.15, 0.2) is 0 Å². The number of ether oxygens (including phenoxy) is 1. The molecule has 6 rings (SSSR count). The Balaban J connectivity index is 1.34. The lowest BCUT2D eigenvalue weighted by Gasteiger charge is -2.31. The molecule has 1 N–H and O–H groups in total. The highest BCUT2D eigenvalue weighted by atomic mass is 35.5. The second-order valence-electron chi connectivity index (χ2n) is 11.0. The predicted molar refractivity (Wildman–Crippen MR) is 179 cm³/mol. The Bertz CT molecular complexity index is 1890. The smallest absolute Gasteiger partial charge is 0.338 e. The van der Waals surface area contributed by atoms with Gasteiger partial charge in [0.2, 0.25) is 17.7 Å². The number of rotatable bonds is 8. The van der Waals surface area contributed by atoms with E-state index >= 15 is 0 Å². The van der Waals surface area contributed by atoms with Crippen LogP contribution in [-0.2, 0) is 25.7 Å². The van der Waals surface area contributed by atoms with E-state index in [1.165, 1.54) is 9.47 Å². The molecule has 0 unspecified atom stereocenters. The topological polar surface area (TPSA) is 118 Å². The Morgan fingerprint density at radius 1 is 0.935 bits per heavy atom. The Kier molecular flexibility index (Phi) is 8.78. The molecule has 3 amide bonds. The van der Waals surface area contributed by atoms with Crippen LogP contribution in [0.25, 0.3) is 0 Å². The molecule has 3 heterocycles. The van der Waals surface area contributed by atoms with E-state index in [1.54, 1.807) is 55.5 Å². The number of nitrogens with zero attached hydrogens (tertiary/aromatic N) is 3. The van der Waals surface area contributed by atoms with Gasteiger partial charge in [-0.2, -0.15) is 0 Å². The quantitative estimate of drug-likeness (QED) is 0.199. The van der Waals surface area contributed by atoms with Gasteiger partial charge in [-0.25, -0.2) is 9.69 Å². The first kappa shape index (κ1) is 31.6. The molecule has 0 saturated carbocycles. The van der Waals surface area contributed by atoms with Crippen LogP contribution in [0.5, 0.6) is 0 Å². The van der Waals surface area contributed by atoms with E-state index in [-0.39, 0.29) is 29.8 Å². The van der Waals surface area contributed by atoms with Crippen LogP contribution < -0.4 is 20.0 Å². The van der Waals surface area contributed by atoms with E-state index in [0.717, 1.165) is 34.3 Å². The van der Waals surface area contributed by atoms with Gasteiger partial charge in [0, 0.05) is 41.3 Å². The van der Waals surface area contributed by atoms with Crippen LogP contribution in [-0.4, -0.2) is 54.2 Å². The zero-order valence-corrected chi connectivity index (χ0v) is 27.4.